The highest BCUT2D eigenvalue weighted by Gasteiger charge is 2.42. The standard InChI is InChI=1S/C32H26N4O4S/c1-39-24-15-17-26(18-16-24)40-25-13-11-23(12-14-25)36-30(29(34-32(36)41)27-5-2-3-19-33-27)28-6-4-20-35(28)22-9-7-21(8-10-22)31(37)38/h2-20,29-30H,1H3,(H,34,41)(H,37,38)/t29-,30-/m1/s1. The van der Waals surface area contributed by atoms with Crippen LogP contribution in [0.25, 0.3) is 5.69 Å². The molecule has 1 saturated heterocycles. The molecule has 2 aromatic heterocycles. The molecule has 2 atom stereocenters. The maximum absolute atomic E-state index is 11.4. The van der Waals surface area contributed by atoms with Crippen molar-refractivity contribution in [3.05, 3.63) is 132 Å². The van der Waals surface area contributed by atoms with Crippen LogP contribution >= 0.6 is 12.2 Å². The van der Waals surface area contributed by atoms with Gasteiger partial charge in [-0.05, 0) is 109 Å². The largest absolute Gasteiger partial charge is 0.497 e. The average Bonchev–Trinajstić information content (AvgIpc) is 3.63. The lowest BCUT2D eigenvalue weighted by Crippen LogP contribution is -2.30. The third kappa shape index (κ3) is 5.22. The predicted molar refractivity (Wildman–Crippen MR) is 160 cm³/mol. The zero-order valence-corrected chi connectivity index (χ0v) is 22.9. The minimum absolute atomic E-state index is 0.231. The normalized spacial score (nSPS) is 16.3. The molecule has 0 unspecified atom stereocenters. The summed E-state index contributed by atoms with van der Waals surface area (Å²) in [5.41, 5.74) is 3.79. The van der Waals surface area contributed by atoms with Gasteiger partial charge in [-0.2, -0.15) is 0 Å². The van der Waals surface area contributed by atoms with E-state index in [1.54, 1.807) is 37.6 Å². The van der Waals surface area contributed by atoms with Gasteiger partial charge >= 0.3 is 5.97 Å². The van der Waals surface area contributed by atoms with Crippen LogP contribution < -0.4 is 19.7 Å². The van der Waals surface area contributed by atoms with Gasteiger partial charge in [0.15, 0.2) is 5.11 Å². The van der Waals surface area contributed by atoms with Gasteiger partial charge in [0.05, 0.1) is 24.4 Å². The number of ether oxygens (including phenoxy) is 2. The van der Waals surface area contributed by atoms with Crippen molar-refractivity contribution in [3.8, 4) is 22.9 Å². The quantitative estimate of drug-likeness (QED) is 0.206. The van der Waals surface area contributed by atoms with Gasteiger partial charge in [-0.15, -0.1) is 0 Å². The van der Waals surface area contributed by atoms with Gasteiger partial charge < -0.3 is 29.4 Å². The third-order valence-electron chi connectivity index (χ3n) is 6.98. The van der Waals surface area contributed by atoms with Gasteiger partial charge in [0.25, 0.3) is 0 Å². The zero-order valence-electron chi connectivity index (χ0n) is 22.0. The number of methoxy groups -OCH3 is 1. The summed E-state index contributed by atoms with van der Waals surface area (Å²) in [6.07, 6.45) is 3.74. The van der Waals surface area contributed by atoms with Gasteiger partial charge in [-0.1, -0.05) is 6.07 Å². The lowest BCUT2D eigenvalue weighted by atomic mass is 10.0. The van der Waals surface area contributed by atoms with E-state index in [0.717, 1.165) is 28.5 Å². The molecule has 0 aliphatic carbocycles. The van der Waals surface area contributed by atoms with Gasteiger partial charge in [-0.25, -0.2) is 4.79 Å². The molecule has 9 heteroatoms. The molecule has 1 fully saturated rings. The summed E-state index contributed by atoms with van der Waals surface area (Å²) in [5, 5.41) is 13.4. The predicted octanol–water partition coefficient (Wildman–Crippen LogP) is 6.55. The summed E-state index contributed by atoms with van der Waals surface area (Å²) >= 11 is 5.89. The van der Waals surface area contributed by atoms with Gasteiger partial charge in [0.2, 0.25) is 0 Å². The first-order chi connectivity index (χ1) is 20.0. The monoisotopic (exact) mass is 562 g/mol. The number of carboxylic acid groups (broad SMARTS) is 1. The van der Waals surface area contributed by atoms with E-state index < -0.39 is 5.97 Å². The van der Waals surface area contributed by atoms with E-state index in [1.165, 1.54) is 0 Å². The smallest absolute Gasteiger partial charge is 0.335 e. The van der Waals surface area contributed by atoms with E-state index >= 15 is 0 Å². The molecule has 3 heterocycles. The zero-order chi connectivity index (χ0) is 28.3. The fraction of sp³-hybridized carbons (Fsp3) is 0.0938. The summed E-state index contributed by atoms with van der Waals surface area (Å²) in [4.78, 5) is 18.1. The number of thiocarbonyl (C=S) groups is 1. The number of benzene rings is 3. The van der Waals surface area contributed by atoms with E-state index in [2.05, 4.69) is 25.8 Å². The Morgan fingerprint density at radius 3 is 2.15 bits per heavy atom. The molecule has 6 rings (SSSR count). The van der Waals surface area contributed by atoms with Crippen LogP contribution in [0.1, 0.15) is 33.8 Å². The molecule has 0 radical (unpaired) electrons. The Labute approximate surface area is 242 Å². The Morgan fingerprint density at radius 2 is 1.51 bits per heavy atom. The number of hydrogen-bond donors (Lipinski definition) is 2. The lowest BCUT2D eigenvalue weighted by molar-refractivity contribution is 0.0697. The van der Waals surface area contributed by atoms with Crippen molar-refractivity contribution in [2.45, 2.75) is 12.1 Å². The molecule has 0 bridgehead atoms. The molecular formula is C32H26N4O4S. The van der Waals surface area contributed by atoms with Crippen molar-refractivity contribution in [2.24, 2.45) is 0 Å². The molecular weight excluding hydrogens is 536 g/mol. The topological polar surface area (TPSA) is 88.9 Å². The number of nitrogens with one attached hydrogen (secondary N) is 1. The van der Waals surface area contributed by atoms with Crippen molar-refractivity contribution >= 4 is 29.0 Å². The molecule has 2 N–H and O–H groups in total. The SMILES string of the molecule is COc1ccc(Oc2ccc(N3C(=S)N[C@H](c4ccccn4)[C@H]3c3cccn3-c3ccc(C(=O)O)cc3)cc2)cc1. The van der Waals surface area contributed by atoms with E-state index in [-0.39, 0.29) is 17.6 Å². The van der Waals surface area contributed by atoms with E-state index in [4.69, 9.17) is 21.7 Å². The summed E-state index contributed by atoms with van der Waals surface area (Å²) < 4.78 is 13.3. The number of carbonyl (C=O) groups is 1. The van der Waals surface area contributed by atoms with Crippen LogP contribution in [-0.4, -0.2) is 32.8 Å². The van der Waals surface area contributed by atoms with Crippen LogP contribution in [0.15, 0.2) is 116 Å². The molecule has 5 aromatic rings. The molecule has 3 aromatic carbocycles. The Hall–Kier alpha value is -5.15. The maximum Gasteiger partial charge on any atom is 0.335 e. The van der Waals surface area contributed by atoms with Crippen LogP contribution in [0.4, 0.5) is 5.69 Å². The first-order valence-electron chi connectivity index (χ1n) is 13.0. The lowest BCUT2D eigenvalue weighted by Gasteiger charge is -2.29. The molecule has 0 amide bonds. The van der Waals surface area contributed by atoms with Crippen molar-refractivity contribution in [1.82, 2.24) is 14.9 Å². The molecule has 0 saturated carbocycles. The molecule has 41 heavy (non-hydrogen) atoms. The van der Waals surface area contributed by atoms with Crippen molar-refractivity contribution < 1.29 is 19.4 Å². The molecule has 0 spiro atoms. The minimum Gasteiger partial charge on any atom is -0.497 e. The first-order valence-corrected chi connectivity index (χ1v) is 13.4. The number of anilines is 1. The Bertz CT molecular complexity index is 1670. The maximum atomic E-state index is 11.4. The summed E-state index contributed by atoms with van der Waals surface area (Å²) in [6, 6.07) is 31.4. The van der Waals surface area contributed by atoms with Crippen LogP contribution in [0, 0.1) is 0 Å². The summed E-state index contributed by atoms with van der Waals surface area (Å²) in [5.74, 6) is 1.20. The van der Waals surface area contributed by atoms with Crippen LogP contribution in [-0.2, 0) is 0 Å². The Kier molecular flexibility index (Phi) is 7.09. The van der Waals surface area contributed by atoms with Gasteiger partial charge in [0.1, 0.15) is 23.3 Å². The van der Waals surface area contributed by atoms with E-state index in [0.29, 0.717) is 16.6 Å². The second-order valence-electron chi connectivity index (χ2n) is 9.42. The number of carboxylic acids is 1. The van der Waals surface area contributed by atoms with Gasteiger partial charge in [-0.3, -0.25) is 4.98 Å². The number of rotatable bonds is 8. The molecule has 1 aliphatic rings. The van der Waals surface area contributed by atoms with Crippen molar-refractivity contribution in [2.75, 3.05) is 12.0 Å². The number of hydrogen-bond acceptors (Lipinski definition) is 5. The summed E-state index contributed by atoms with van der Waals surface area (Å²) in [6.45, 7) is 0. The molecule has 1 aliphatic heterocycles. The van der Waals surface area contributed by atoms with Crippen LogP contribution in [0.3, 0.4) is 0 Å². The Morgan fingerprint density at radius 1 is 0.854 bits per heavy atom. The number of pyridine rings is 1. The van der Waals surface area contributed by atoms with Crippen molar-refractivity contribution in [3.63, 3.8) is 0 Å². The highest BCUT2D eigenvalue weighted by molar-refractivity contribution is 7.80. The van der Waals surface area contributed by atoms with E-state index in [9.17, 15) is 9.90 Å². The average molecular weight is 563 g/mol. The van der Waals surface area contributed by atoms with Crippen LogP contribution in [0.5, 0.6) is 17.2 Å². The number of aromatic nitrogens is 2. The Balaban J connectivity index is 1.36. The highest BCUT2D eigenvalue weighted by Crippen LogP contribution is 2.42. The third-order valence-corrected chi connectivity index (χ3v) is 7.30. The highest BCUT2D eigenvalue weighted by atomic mass is 32.1. The second-order valence-corrected chi connectivity index (χ2v) is 9.81. The first kappa shape index (κ1) is 26.1. The molecule has 8 nitrogen and oxygen atoms in total. The fourth-order valence-corrected chi connectivity index (χ4v) is 5.37. The van der Waals surface area contributed by atoms with Crippen LogP contribution in [0.2, 0.25) is 0 Å². The fourth-order valence-electron chi connectivity index (χ4n) is 5.02. The van der Waals surface area contributed by atoms with E-state index in [1.807, 2.05) is 79.0 Å². The molecule has 204 valence electrons. The van der Waals surface area contributed by atoms with Crippen molar-refractivity contribution in [1.29, 1.82) is 0 Å². The number of nitrogens with zero attached hydrogens (tertiary/aromatic N) is 3. The minimum atomic E-state index is -0.963. The number of aromatic carboxylic acids is 1. The summed E-state index contributed by atoms with van der Waals surface area (Å²) in [7, 11) is 1.63. The second kappa shape index (κ2) is 11.1. The van der Waals surface area contributed by atoms with Gasteiger partial charge in [0, 0.05) is 29.5 Å².